The van der Waals surface area contributed by atoms with Crippen LogP contribution in [0.1, 0.15) is 23.7 Å². The van der Waals surface area contributed by atoms with Crippen molar-refractivity contribution in [2.75, 3.05) is 13.2 Å². The van der Waals surface area contributed by atoms with E-state index in [-0.39, 0.29) is 17.9 Å². The first-order valence-corrected chi connectivity index (χ1v) is 12.3. The van der Waals surface area contributed by atoms with E-state index in [4.69, 9.17) is 14.2 Å². The van der Waals surface area contributed by atoms with Gasteiger partial charge in [0.05, 0.1) is 24.5 Å². The minimum atomic E-state index is -1.56. The van der Waals surface area contributed by atoms with Crippen molar-refractivity contribution >= 4 is 16.8 Å². The predicted molar refractivity (Wildman–Crippen MR) is 126 cm³/mol. The highest BCUT2D eigenvalue weighted by Gasteiger charge is 2.51. The summed E-state index contributed by atoms with van der Waals surface area (Å²) in [5.74, 6) is -0.783. The van der Waals surface area contributed by atoms with Crippen molar-refractivity contribution < 1.29 is 39.4 Å². The molecule has 5 heterocycles. The third-order valence-electron chi connectivity index (χ3n) is 8.04. The Hall–Kier alpha value is -2.73. The molecule has 5 N–H and O–H groups in total. The van der Waals surface area contributed by atoms with E-state index in [1.165, 1.54) is 17.2 Å². The lowest BCUT2D eigenvalue weighted by molar-refractivity contribution is -0.339. The Bertz CT molecular complexity index is 1210. The van der Waals surface area contributed by atoms with Crippen LogP contribution in [0.4, 0.5) is 0 Å². The standard InChI is InChI=1S/C26H30N2O8/c1-2-12-15-9-18-20-14(13-5-3-4-6-17(13)27-20)7-8-28(18)24(33)16(15)11-34-25(12)36-26-23(32)22(31)21(30)19(10-29)35-26/h2-6,11-12,15,18-19,21-23,25-27,29-32H,1,7-10H2/t12-,15-,18-,19-,21-,22+,23-,25+,26+/m1/s1. The third-order valence-corrected chi connectivity index (χ3v) is 8.04. The second kappa shape index (κ2) is 8.98. The molecule has 6 rings (SSSR count). The van der Waals surface area contributed by atoms with Crippen molar-refractivity contribution in [1.82, 2.24) is 9.88 Å². The monoisotopic (exact) mass is 498 g/mol. The Morgan fingerprint density at radius 3 is 2.75 bits per heavy atom. The summed E-state index contributed by atoms with van der Waals surface area (Å²) < 4.78 is 17.2. The first kappa shape index (κ1) is 23.7. The molecule has 2 saturated heterocycles. The predicted octanol–water partition coefficient (Wildman–Crippen LogP) is 0.473. The molecule has 9 atom stereocenters. The molecule has 10 heteroatoms. The molecule has 2 aromatic rings. The van der Waals surface area contributed by atoms with E-state index < -0.39 is 49.5 Å². The fourth-order valence-electron chi connectivity index (χ4n) is 6.13. The van der Waals surface area contributed by atoms with Crippen LogP contribution < -0.4 is 0 Å². The number of amides is 1. The molecule has 0 radical (unpaired) electrons. The van der Waals surface area contributed by atoms with Gasteiger partial charge in [-0.05, 0) is 24.5 Å². The Balaban J connectivity index is 1.28. The van der Waals surface area contributed by atoms with E-state index in [1.807, 2.05) is 23.1 Å². The van der Waals surface area contributed by atoms with Crippen LogP contribution in [0.15, 0.2) is 48.8 Å². The summed E-state index contributed by atoms with van der Waals surface area (Å²) in [4.78, 5) is 19.0. The lowest BCUT2D eigenvalue weighted by Gasteiger charge is -2.48. The van der Waals surface area contributed by atoms with E-state index in [0.717, 1.165) is 17.6 Å². The lowest BCUT2D eigenvalue weighted by Crippen LogP contribution is -2.60. The van der Waals surface area contributed by atoms with Crippen molar-refractivity contribution in [2.24, 2.45) is 11.8 Å². The highest BCUT2D eigenvalue weighted by molar-refractivity contribution is 5.96. The fourth-order valence-corrected chi connectivity index (χ4v) is 6.13. The Labute approximate surface area is 207 Å². The average Bonchev–Trinajstić information content (AvgIpc) is 3.28. The number of aromatic nitrogens is 1. The number of para-hydroxylation sites is 1. The van der Waals surface area contributed by atoms with Crippen LogP contribution in [0.5, 0.6) is 0 Å². The smallest absolute Gasteiger partial charge is 0.253 e. The van der Waals surface area contributed by atoms with Gasteiger partial charge >= 0.3 is 0 Å². The van der Waals surface area contributed by atoms with Gasteiger partial charge in [0.2, 0.25) is 6.29 Å². The van der Waals surface area contributed by atoms with Crippen molar-refractivity contribution in [3.8, 4) is 0 Å². The Morgan fingerprint density at radius 2 is 1.97 bits per heavy atom. The summed E-state index contributed by atoms with van der Waals surface area (Å²) in [6.45, 7) is 4.01. The number of hydrogen-bond acceptors (Lipinski definition) is 8. The summed E-state index contributed by atoms with van der Waals surface area (Å²) in [7, 11) is 0. The van der Waals surface area contributed by atoms with E-state index in [9.17, 15) is 25.2 Å². The summed E-state index contributed by atoms with van der Waals surface area (Å²) in [5.41, 5.74) is 3.89. The lowest BCUT2D eigenvalue weighted by atomic mass is 9.74. The number of benzene rings is 1. The number of aliphatic hydroxyl groups is 4. The van der Waals surface area contributed by atoms with Gasteiger partial charge in [-0.2, -0.15) is 0 Å². The summed E-state index contributed by atoms with van der Waals surface area (Å²) in [6.07, 6.45) is -3.53. The molecular weight excluding hydrogens is 468 g/mol. The molecule has 1 aromatic carbocycles. The zero-order chi connectivity index (χ0) is 25.1. The largest absolute Gasteiger partial charge is 0.471 e. The average molecular weight is 499 g/mol. The van der Waals surface area contributed by atoms with Crippen molar-refractivity contribution in [1.29, 1.82) is 0 Å². The van der Waals surface area contributed by atoms with Gasteiger partial charge in [-0.1, -0.05) is 24.3 Å². The van der Waals surface area contributed by atoms with Crippen LogP contribution in [-0.2, 0) is 25.4 Å². The molecule has 1 aromatic heterocycles. The van der Waals surface area contributed by atoms with Crippen LogP contribution in [0.25, 0.3) is 10.9 Å². The van der Waals surface area contributed by atoms with Crippen LogP contribution >= 0.6 is 0 Å². The molecule has 0 aliphatic carbocycles. The van der Waals surface area contributed by atoms with E-state index in [1.54, 1.807) is 6.08 Å². The number of ether oxygens (including phenoxy) is 3. The van der Waals surface area contributed by atoms with Crippen molar-refractivity contribution in [2.45, 2.75) is 55.9 Å². The molecular formula is C26H30N2O8. The van der Waals surface area contributed by atoms with E-state index >= 15 is 0 Å². The second-order valence-electron chi connectivity index (χ2n) is 9.89. The summed E-state index contributed by atoms with van der Waals surface area (Å²) in [6, 6.07) is 8.01. The van der Waals surface area contributed by atoms with Gasteiger partial charge in [0.25, 0.3) is 5.91 Å². The normalized spacial score (nSPS) is 38.0. The quantitative estimate of drug-likeness (QED) is 0.383. The highest BCUT2D eigenvalue weighted by atomic mass is 16.8. The molecule has 0 spiro atoms. The maximum absolute atomic E-state index is 13.5. The number of fused-ring (bicyclic) bond motifs is 6. The minimum absolute atomic E-state index is 0.0845. The van der Waals surface area contributed by atoms with Gasteiger partial charge in [-0.25, -0.2) is 0 Å². The van der Waals surface area contributed by atoms with E-state index in [0.29, 0.717) is 18.5 Å². The molecule has 192 valence electrons. The number of nitrogens with one attached hydrogen (secondary N) is 1. The van der Waals surface area contributed by atoms with Gasteiger partial charge in [-0.15, -0.1) is 6.58 Å². The first-order chi connectivity index (χ1) is 17.4. The highest BCUT2D eigenvalue weighted by Crippen LogP contribution is 2.48. The molecule has 0 bridgehead atoms. The molecule has 0 unspecified atom stereocenters. The number of aromatic amines is 1. The van der Waals surface area contributed by atoms with Gasteiger partial charge in [0, 0.05) is 35.0 Å². The topological polar surface area (TPSA) is 145 Å². The molecule has 2 fully saturated rings. The van der Waals surface area contributed by atoms with Gasteiger partial charge in [0.15, 0.2) is 6.29 Å². The first-order valence-electron chi connectivity index (χ1n) is 12.3. The van der Waals surface area contributed by atoms with Crippen molar-refractivity contribution in [3.63, 3.8) is 0 Å². The number of carbonyl (C=O) groups excluding carboxylic acids is 1. The fraction of sp³-hybridized carbons (Fsp3) is 0.500. The van der Waals surface area contributed by atoms with Crippen LogP contribution in [-0.4, -0.2) is 86.4 Å². The van der Waals surface area contributed by atoms with Gasteiger partial charge in [0.1, 0.15) is 24.4 Å². The van der Waals surface area contributed by atoms with Crippen LogP contribution in [0.2, 0.25) is 0 Å². The van der Waals surface area contributed by atoms with Crippen LogP contribution in [0, 0.1) is 11.8 Å². The number of hydrogen-bond donors (Lipinski definition) is 5. The maximum atomic E-state index is 13.5. The zero-order valence-electron chi connectivity index (χ0n) is 19.6. The van der Waals surface area contributed by atoms with Gasteiger partial charge in [-0.3, -0.25) is 4.79 Å². The molecule has 10 nitrogen and oxygen atoms in total. The third kappa shape index (κ3) is 3.52. The molecule has 4 aliphatic heterocycles. The van der Waals surface area contributed by atoms with E-state index in [2.05, 4.69) is 17.6 Å². The molecule has 4 aliphatic rings. The molecule has 1 amide bonds. The SMILES string of the molecule is C=C[C@H]1[C@H](O[C@@H]2O[C@H](CO)[C@@H](O)[C@H](O)[C@H]2O)OC=C2C(=O)N3CCc4c([nH]c5ccccc45)[C@H]3C[C@@H]21. The number of nitrogens with zero attached hydrogens (tertiary/aromatic N) is 1. The number of carbonyl (C=O) groups is 1. The number of aliphatic hydroxyl groups excluding tert-OH is 4. The summed E-state index contributed by atoms with van der Waals surface area (Å²) >= 11 is 0. The second-order valence-corrected chi connectivity index (χ2v) is 9.89. The zero-order valence-corrected chi connectivity index (χ0v) is 19.6. The Kier molecular flexibility index (Phi) is 5.90. The number of piperidine rings is 1. The van der Waals surface area contributed by atoms with Gasteiger partial charge < -0.3 is 44.5 Å². The Morgan fingerprint density at radius 1 is 1.17 bits per heavy atom. The minimum Gasteiger partial charge on any atom is -0.471 e. The maximum Gasteiger partial charge on any atom is 0.253 e. The molecule has 36 heavy (non-hydrogen) atoms. The van der Waals surface area contributed by atoms with Crippen molar-refractivity contribution in [3.05, 3.63) is 60.0 Å². The number of H-pyrrole nitrogens is 1. The summed E-state index contributed by atoms with van der Waals surface area (Å²) in [5, 5.41) is 41.3. The molecule has 0 saturated carbocycles. The van der Waals surface area contributed by atoms with Crippen LogP contribution in [0.3, 0.4) is 0 Å². The number of rotatable bonds is 4.